The van der Waals surface area contributed by atoms with Crippen LogP contribution < -0.4 is 10.2 Å². The molecule has 0 bridgehead atoms. The summed E-state index contributed by atoms with van der Waals surface area (Å²) in [7, 11) is 1.81. The molecule has 25 heavy (non-hydrogen) atoms. The number of hydrogen-bond acceptors (Lipinski definition) is 2. The second kappa shape index (κ2) is 7.38. The maximum absolute atomic E-state index is 12.2. The Hall–Kier alpha value is -2.82. The number of aryl methyl sites for hydroxylation is 1. The van der Waals surface area contributed by atoms with Gasteiger partial charge in [-0.2, -0.15) is 0 Å². The third kappa shape index (κ3) is 4.18. The third-order valence-electron chi connectivity index (χ3n) is 4.38. The molecule has 1 aliphatic rings. The highest BCUT2D eigenvalue weighted by atomic mass is 16.2. The summed E-state index contributed by atoms with van der Waals surface area (Å²) < 4.78 is 0. The standard InChI is InChI=1S/C20H23N3O2/c1-15-4-6-16(7-5-15)14-19(24)21-17-8-10-18(11-9-17)23-13-3-12-22(2)20(23)25/h4-11H,3,12-14H2,1-2H3,(H,21,24). The minimum absolute atomic E-state index is 0.0161. The van der Waals surface area contributed by atoms with Crippen molar-refractivity contribution in [1.82, 2.24) is 4.90 Å². The molecule has 0 aromatic heterocycles. The Kier molecular flexibility index (Phi) is 5.03. The van der Waals surface area contributed by atoms with Crippen molar-refractivity contribution in [3.05, 3.63) is 59.7 Å². The van der Waals surface area contributed by atoms with Crippen molar-refractivity contribution in [1.29, 1.82) is 0 Å². The molecule has 3 amide bonds. The Balaban J connectivity index is 1.61. The lowest BCUT2D eigenvalue weighted by molar-refractivity contribution is -0.115. The SMILES string of the molecule is Cc1ccc(CC(=O)Nc2ccc(N3CCCN(C)C3=O)cc2)cc1. The molecular weight excluding hydrogens is 314 g/mol. The smallest absolute Gasteiger partial charge is 0.324 e. The number of amides is 3. The van der Waals surface area contributed by atoms with E-state index >= 15 is 0 Å². The fraction of sp³-hybridized carbons (Fsp3) is 0.300. The van der Waals surface area contributed by atoms with E-state index in [1.165, 1.54) is 5.56 Å². The molecule has 1 saturated heterocycles. The van der Waals surface area contributed by atoms with Crippen LogP contribution in [0, 0.1) is 6.92 Å². The molecule has 0 unspecified atom stereocenters. The summed E-state index contributed by atoms with van der Waals surface area (Å²) in [6, 6.07) is 15.4. The lowest BCUT2D eigenvalue weighted by atomic mass is 10.1. The third-order valence-corrected chi connectivity index (χ3v) is 4.38. The van der Waals surface area contributed by atoms with E-state index in [4.69, 9.17) is 0 Å². The normalized spacial score (nSPS) is 14.6. The largest absolute Gasteiger partial charge is 0.327 e. The van der Waals surface area contributed by atoms with E-state index in [1.807, 2.05) is 62.5 Å². The number of benzene rings is 2. The second-order valence-corrected chi connectivity index (χ2v) is 6.47. The first-order valence-electron chi connectivity index (χ1n) is 8.51. The van der Waals surface area contributed by atoms with Crippen LogP contribution in [0.15, 0.2) is 48.5 Å². The number of anilines is 2. The Labute approximate surface area is 148 Å². The number of rotatable bonds is 4. The van der Waals surface area contributed by atoms with Gasteiger partial charge in [-0.15, -0.1) is 0 Å². The van der Waals surface area contributed by atoms with Gasteiger partial charge < -0.3 is 10.2 Å². The van der Waals surface area contributed by atoms with Crippen LogP contribution in [0.5, 0.6) is 0 Å². The number of carbonyl (C=O) groups is 2. The number of carbonyl (C=O) groups excluding carboxylic acids is 2. The fourth-order valence-corrected chi connectivity index (χ4v) is 2.92. The maximum Gasteiger partial charge on any atom is 0.324 e. The van der Waals surface area contributed by atoms with Crippen LogP contribution in [0.25, 0.3) is 0 Å². The average Bonchev–Trinajstić information content (AvgIpc) is 2.60. The molecule has 2 aromatic rings. The predicted molar refractivity (Wildman–Crippen MR) is 99.9 cm³/mol. The van der Waals surface area contributed by atoms with Crippen LogP contribution in [0.1, 0.15) is 17.5 Å². The predicted octanol–water partition coefficient (Wildman–Crippen LogP) is 3.44. The van der Waals surface area contributed by atoms with Crippen LogP contribution in [-0.2, 0) is 11.2 Å². The van der Waals surface area contributed by atoms with E-state index in [1.54, 1.807) is 9.80 Å². The van der Waals surface area contributed by atoms with E-state index in [-0.39, 0.29) is 11.9 Å². The molecule has 5 heteroatoms. The lowest BCUT2D eigenvalue weighted by Gasteiger charge is -2.33. The van der Waals surface area contributed by atoms with Crippen molar-refractivity contribution in [2.45, 2.75) is 19.8 Å². The second-order valence-electron chi connectivity index (χ2n) is 6.47. The van der Waals surface area contributed by atoms with Crippen molar-refractivity contribution in [3.8, 4) is 0 Å². The number of nitrogens with one attached hydrogen (secondary N) is 1. The van der Waals surface area contributed by atoms with Gasteiger partial charge in [0, 0.05) is 31.5 Å². The zero-order valence-electron chi connectivity index (χ0n) is 14.7. The molecule has 0 aliphatic carbocycles. The first-order chi connectivity index (χ1) is 12.0. The van der Waals surface area contributed by atoms with Gasteiger partial charge in [-0.1, -0.05) is 29.8 Å². The van der Waals surface area contributed by atoms with Crippen LogP contribution >= 0.6 is 0 Å². The van der Waals surface area contributed by atoms with Gasteiger partial charge in [0.25, 0.3) is 0 Å². The Morgan fingerprint density at radius 1 is 1.04 bits per heavy atom. The fourth-order valence-electron chi connectivity index (χ4n) is 2.92. The first-order valence-corrected chi connectivity index (χ1v) is 8.51. The molecule has 0 spiro atoms. The summed E-state index contributed by atoms with van der Waals surface area (Å²) in [6.07, 6.45) is 1.30. The van der Waals surface area contributed by atoms with Crippen molar-refractivity contribution in [2.24, 2.45) is 0 Å². The molecular formula is C20H23N3O2. The number of hydrogen-bond donors (Lipinski definition) is 1. The maximum atomic E-state index is 12.2. The Bertz CT molecular complexity index is 754. The van der Waals surface area contributed by atoms with E-state index in [0.29, 0.717) is 6.42 Å². The van der Waals surface area contributed by atoms with E-state index in [9.17, 15) is 9.59 Å². The van der Waals surface area contributed by atoms with Crippen LogP contribution in [-0.4, -0.2) is 37.0 Å². The van der Waals surface area contributed by atoms with Gasteiger partial charge in [0.1, 0.15) is 0 Å². The van der Waals surface area contributed by atoms with Crippen LogP contribution in [0.3, 0.4) is 0 Å². The minimum Gasteiger partial charge on any atom is -0.327 e. The topological polar surface area (TPSA) is 52.7 Å². The number of nitrogens with zero attached hydrogens (tertiary/aromatic N) is 2. The van der Waals surface area contributed by atoms with Crippen LogP contribution in [0.2, 0.25) is 0 Å². The van der Waals surface area contributed by atoms with Crippen molar-refractivity contribution in [2.75, 3.05) is 30.4 Å². The van der Waals surface area contributed by atoms with Gasteiger partial charge >= 0.3 is 6.03 Å². The highest BCUT2D eigenvalue weighted by Crippen LogP contribution is 2.21. The summed E-state index contributed by atoms with van der Waals surface area (Å²) in [5, 5.41) is 2.90. The number of urea groups is 1. The van der Waals surface area contributed by atoms with Crippen molar-refractivity contribution < 1.29 is 9.59 Å². The molecule has 1 fully saturated rings. The molecule has 0 radical (unpaired) electrons. The van der Waals surface area contributed by atoms with Gasteiger partial charge in [0.2, 0.25) is 5.91 Å². The van der Waals surface area contributed by atoms with E-state index in [0.717, 1.165) is 36.4 Å². The van der Waals surface area contributed by atoms with Gasteiger partial charge in [-0.05, 0) is 43.2 Å². The lowest BCUT2D eigenvalue weighted by Crippen LogP contribution is -2.47. The quantitative estimate of drug-likeness (QED) is 0.929. The average molecular weight is 337 g/mol. The molecule has 0 saturated carbocycles. The highest BCUT2D eigenvalue weighted by molar-refractivity contribution is 5.94. The Morgan fingerprint density at radius 2 is 1.72 bits per heavy atom. The van der Waals surface area contributed by atoms with Gasteiger partial charge in [0.15, 0.2) is 0 Å². The van der Waals surface area contributed by atoms with Gasteiger partial charge in [-0.3, -0.25) is 9.69 Å². The van der Waals surface area contributed by atoms with E-state index < -0.39 is 0 Å². The first kappa shape index (κ1) is 17.0. The zero-order chi connectivity index (χ0) is 17.8. The molecule has 130 valence electrons. The summed E-state index contributed by atoms with van der Waals surface area (Å²) >= 11 is 0. The molecule has 1 aliphatic heterocycles. The zero-order valence-corrected chi connectivity index (χ0v) is 14.7. The Morgan fingerprint density at radius 3 is 2.40 bits per heavy atom. The van der Waals surface area contributed by atoms with Gasteiger partial charge in [-0.25, -0.2) is 4.79 Å². The summed E-state index contributed by atoms with van der Waals surface area (Å²) in [4.78, 5) is 27.9. The molecule has 1 heterocycles. The summed E-state index contributed by atoms with van der Waals surface area (Å²) in [5.41, 5.74) is 3.76. The van der Waals surface area contributed by atoms with Gasteiger partial charge in [0.05, 0.1) is 6.42 Å². The van der Waals surface area contributed by atoms with E-state index in [2.05, 4.69) is 5.32 Å². The molecule has 1 N–H and O–H groups in total. The van der Waals surface area contributed by atoms with Crippen LogP contribution in [0.4, 0.5) is 16.2 Å². The highest BCUT2D eigenvalue weighted by Gasteiger charge is 2.23. The monoisotopic (exact) mass is 337 g/mol. The summed E-state index contributed by atoms with van der Waals surface area (Å²) in [6.45, 7) is 3.54. The molecule has 3 rings (SSSR count). The molecule has 2 aromatic carbocycles. The molecule has 0 atom stereocenters. The molecule has 5 nitrogen and oxygen atoms in total. The van der Waals surface area contributed by atoms with Crippen molar-refractivity contribution >= 4 is 23.3 Å². The van der Waals surface area contributed by atoms with Crippen molar-refractivity contribution in [3.63, 3.8) is 0 Å². The minimum atomic E-state index is -0.0506. The summed E-state index contributed by atoms with van der Waals surface area (Å²) in [5.74, 6) is -0.0506.